The van der Waals surface area contributed by atoms with Gasteiger partial charge in [0.25, 0.3) is 0 Å². The summed E-state index contributed by atoms with van der Waals surface area (Å²) in [6.45, 7) is 3.28. The van der Waals surface area contributed by atoms with Crippen molar-refractivity contribution in [1.82, 2.24) is 9.62 Å². The average Bonchev–Trinajstić information content (AvgIpc) is 2.76. The van der Waals surface area contributed by atoms with Crippen LogP contribution in [-0.2, 0) is 19.6 Å². The van der Waals surface area contributed by atoms with Crippen LogP contribution in [0.3, 0.4) is 0 Å². The summed E-state index contributed by atoms with van der Waals surface area (Å²) in [4.78, 5) is 13.4. The Labute approximate surface area is 102 Å². The molecule has 100 valence electrons. The van der Waals surface area contributed by atoms with Gasteiger partial charge in [0.05, 0.1) is 12.9 Å². The number of rotatable bonds is 6. The predicted molar refractivity (Wildman–Crippen MR) is 64.1 cm³/mol. The highest BCUT2D eigenvalue weighted by atomic mass is 32.2. The molecule has 0 aromatic heterocycles. The number of carbonyl (C=O) groups is 1. The number of carbonyl (C=O) groups excluding carboxylic acids is 1. The summed E-state index contributed by atoms with van der Waals surface area (Å²) < 4.78 is 29.7. The first-order valence-electron chi connectivity index (χ1n) is 5.79. The zero-order valence-electron chi connectivity index (χ0n) is 10.3. The van der Waals surface area contributed by atoms with Crippen LogP contribution in [0.5, 0.6) is 0 Å². The number of ether oxygens (including phenoxy) is 1. The van der Waals surface area contributed by atoms with Gasteiger partial charge in [-0.3, -0.25) is 9.69 Å². The van der Waals surface area contributed by atoms with Gasteiger partial charge in [-0.25, -0.2) is 13.1 Å². The first kappa shape index (κ1) is 14.4. The van der Waals surface area contributed by atoms with Crippen molar-refractivity contribution in [1.29, 1.82) is 0 Å². The van der Waals surface area contributed by atoms with E-state index in [2.05, 4.69) is 4.72 Å². The molecule has 1 rings (SSSR count). The molecule has 0 amide bonds. The molecule has 0 spiro atoms. The maximum Gasteiger partial charge on any atom is 0.323 e. The SMILES string of the molecule is CCS(=O)(=O)NCCN1CCCC1C(=O)OC. The summed E-state index contributed by atoms with van der Waals surface area (Å²) in [5.41, 5.74) is 0. The first-order valence-corrected chi connectivity index (χ1v) is 7.44. The van der Waals surface area contributed by atoms with E-state index < -0.39 is 10.0 Å². The lowest BCUT2D eigenvalue weighted by Crippen LogP contribution is -2.41. The molecule has 0 aliphatic carbocycles. The molecular weight excluding hydrogens is 244 g/mol. The van der Waals surface area contributed by atoms with E-state index in [1.54, 1.807) is 6.92 Å². The number of nitrogens with zero attached hydrogens (tertiary/aromatic N) is 1. The van der Waals surface area contributed by atoms with Gasteiger partial charge >= 0.3 is 5.97 Å². The standard InChI is InChI=1S/C10H20N2O4S/c1-3-17(14,15)11-6-8-12-7-4-5-9(12)10(13)16-2/h9,11H,3-8H2,1-2H3. The molecular formula is C10H20N2O4S. The van der Waals surface area contributed by atoms with Crippen LogP contribution >= 0.6 is 0 Å². The Balaban J connectivity index is 2.39. The second kappa shape index (κ2) is 6.32. The zero-order chi connectivity index (χ0) is 12.9. The molecule has 6 nitrogen and oxygen atoms in total. The minimum atomic E-state index is -3.15. The van der Waals surface area contributed by atoms with Crippen LogP contribution in [-0.4, -0.2) is 57.8 Å². The fourth-order valence-corrected chi connectivity index (χ4v) is 2.55. The van der Waals surface area contributed by atoms with Crippen molar-refractivity contribution in [3.05, 3.63) is 0 Å². The maximum atomic E-state index is 11.4. The van der Waals surface area contributed by atoms with E-state index in [0.717, 1.165) is 19.4 Å². The molecule has 1 unspecified atom stereocenters. The molecule has 17 heavy (non-hydrogen) atoms. The predicted octanol–water partition coefficient (Wildman–Crippen LogP) is -0.437. The average molecular weight is 264 g/mol. The number of esters is 1. The normalized spacial score (nSPS) is 21.6. The third-order valence-electron chi connectivity index (χ3n) is 2.94. The summed E-state index contributed by atoms with van der Waals surface area (Å²) in [6.07, 6.45) is 1.73. The van der Waals surface area contributed by atoms with E-state index in [1.165, 1.54) is 7.11 Å². The molecule has 1 heterocycles. The third-order valence-corrected chi connectivity index (χ3v) is 4.34. The van der Waals surface area contributed by atoms with Gasteiger partial charge in [-0.1, -0.05) is 0 Å². The summed E-state index contributed by atoms with van der Waals surface area (Å²) >= 11 is 0. The first-order chi connectivity index (χ1) is 8.00. The summed E-state index contributed by atoms with van der Waals surface area (Å²) in [6, 6.07) is -0.217. The fraction of sp³-hybridized carbons (Fsp3) is 0.900. The van der Waals surface area contributed by atoms with Gasteiger partial charge in [-0.15, -0.1) is 0 Å². The second-order valence-electron chi connectivity index (χ2n) is 4.01. The van der Waals surface area contributed by atoms with Crippen LogP contribution < -0.4 is 4.72 Å². The Morgan fingerprint density at radius 1 is 1.53 bits per heavy atom. The molecule has 0 bridgehead atoms. The number of hydrogen-bond acceptors (Lipinski definition) is 5. The molecule has 1 aliphatic rings. The van der Waals surface area contributed by atoms with E-state index in [4.69, 9.17) is 4.74 Å². The molecule has 1 atom stereocenters. The van der Waals surface area contributed by atoms with Crippen LogP contribution in [0.15, 0.2) is 0 Å². The van der Waals surface area contributed by atoms with Crippen molar-refractivity contribution in [2.75, 3.05) is 32.5 Å². The van der Waals surface area contributed by atoms with Crippen molar-refractivity contribution in [2.45, 2.75) is 25.8 Å². The number of likely N-dealkylation sites (tertiary alicyclic amines) is 1. The number of nitrogens with one attached hydrogen (secondary N) is 1. The lowest BCUT2D eigenvalue weighted by atomic mass is 10.2. The minimum Gasteiger partial charge on any atom is -0.468 e. The third kappa shape index (κ3) is 4.25. The van der Waals surface area contributed by atoms with Crippen molar-refractivity contribution in [3.8, 4) is 0 Å². The highest BCUT2D eigenvalue weighted by molar-refractivity contribution is 7.89. The van der Waals surface area contributed by atoms with E-state index in [1.807, 2.05) is 4.90 Å². The maximum absolute atomic E-state index is 11.4. The smallest absolute Gasteiger partial charge is 0.323 e. The molecule has 1 aliphatic heterocycles. The quantitative estimate of drug-likeness (QED) is 0.658. The van der Waals surface area contributed by atoms with Crippen molar-refractivity contribution >= 4 is 16.0 Å². The van der Waals surface area contributed by atoms with Crippen LogP contribution in [0.1, 0.15) is 19.8 Å². The highest BCUT2D eigenvalue weighted by Gasteiger charge is 2.30. The monoisotopic (exact) mass is 264 g/mol. The van der Waals surface area contributed by atoms with Gasteiger partial charge in [0.2, 0.25) is 10.0 Å². The molecule has 1 N–H and O–H groups in total. The molecule has 0 saturated carbocycles. The topological polar surface area (TPSA) is 75.7 Å². The number of sulfonamides is 1. The Hall–Kier alpha value is -0.660. The van der Waals surface area contributed by atoms with Gasteiger partial charge in [-0.05, 0) is 26.3 Å². The molecule has 7 heteroatoms. The van der Waals surface area contributed by atoms with E-state index in [-0.39, 0.29) is 17.8 Å². The van der Waals surface area contributed by atoms with Gasteiger partial charge in [0.15, 0.2) is 0 Å². The zero-order valence-corrected chi connectivity index (χ0v) is 11.1. The Morgan fingerprint density at radius 3 is 2.82 bits per heavy atom. The Morgan fingerprint density at radius 2 is 2.24 bits per heavy atom. The Kier molecular flexibility index (Phi) is 5.35. The number of hydrogen-bond donors (Lipinski definition) is 1. The molecule has 0 aromatic rings. The lowest BCUT2D eigenvalue weighted by molar-refractivity contribution is -0.145. The van der Waals surface area contributed by atoms with Crippen LogP contribution in [0, 0.1) is 0 Å². The van der Waals surface area contributed by atoms with Gasteiger partial charge < -0.3 is 4.74 Å². The summed E-state index contributed by atoms with van der Waals surface area (Å²) in [7, 11) is -1.77. The number of methoxy groups -OCH3 is 1. The molecule has 1 fully saturated rings. The molecule has 1 saturated heterocycles. The highest BCUT2D eigenvalue weighted by Crippen LogP contribution is 2.17. The summed E-state index contributed by atoms with van der Waals surface area (Å²) in [5, 5.41) is 0. The van der Waals surface area contributed by atoms with Crippen LogP contribution in [0.25, 0.3) is 0 Å². The largest absolute Gasteiger partial charge is 0.468 e. The van der Waals surface area contributed by atoms with Crippen LogP contribution in [0.4, 0.5) is 0 Å². The molecule has 0 radical (unpaired) electrons. The van der Waals surface area contributed by atoms with Gasteiger partial charge in [-0.2, -0.15) is 0 Å². The fourth-order valence-electron chi connectivity index (χ4n) is 1.94. The van der Waals surface area contributed by atoms with Gasteiger partial charge in [0.1, 0.15) is 6.04 Å². The van der Waals surface area contributed by atoms with E-state index >= 15 is 0 Å². The van der Waals surface area contributed by atoms with Crippen LogP contribution in [0.2, 0.25) is 0 Å². The van der Waals surface area contributed by atoms with E-state index in [9.17, 15) is 13.2 Å². The molecule has 0 aromatic carbocycles. The minimum absolute atomic E-state index is 0.0768. The van der Waals surface area contributed by atoms with Crippen molar-refractivity contribution < 1.29 is 17.9 Å². The van der Waals surface area contributed by atoms with Gasteiger partial charge in [0, 0.05) is 13.1 Å². The van der Waals surface area contributed by atoms with Crippen molar-refractivity contribution in [3.63, 3.8) is 0 Å². The summed E-state index contributed by atoms with van der Waals surface area (Å²) in [5.74, 6) is -0.159. The second-order valence-corrected chi connectivity index (χ2v) is 6.11. The lowest BCUT2D eigenvalue weighted by Gasteiger charge is -2.22. The van der Waals surface area contributed by atoms with E-state index in [0.29, 0.717) is 13.1 Å². The van der Waals surface area contributed by atoms with Crippen molar-refractivity contribution in [2.24, 2.45) is 0 Å². The Bertz CT molecular complexity index is 355.